The van der Waals surface area contributed by atoms with E-state index in [-0.39, 0.29) is 11.9 Å². The van der Waals surface area contributed by atoms with Crippen molar-refractivity contribution in [2.24, 2.45) is 0 Å². The second-order valence-electron chi connectivity index (χ2n) is 7.78. The third-order valence-corrected chi connectivity index (χ3v) is 6.18. The summed E-state index contributed by atoms with van der Waals surface area (Å²) in [6, 6.07) is 14.7. The third kappa shape index (κ3) is 4.83. The van der Waals surface area contributed by atoms with Crippen LogP contribution in [0.1, 0.15) is 29.7 Å². The first-order valence-electron chi connectivity index (χ1n) is 10.3. The smallest absolute Gasteiger partial charge is 0.243 e. The molecular formula is C24H24Cl2N4O. The van der Waals surface area contributed by atoms with Gasteiger partial charge in [-0.05, 0) is 68.7 Å². The Kier molecular flexibility index (Phi) is 6.44. The van der Waals surface area contributed by atoms with Gasteiger partial charge in [0.1, 0.15) is 11.9 Å². The number of benzene rings is 2. The number of hydrogen-bond donors (Lipinski definition) is 1. The molecule has 1 fully saturated rings. The molecular weight excluding hydrogens is 431 g/mol. The van der Waals surface area contributed by atoms with Crippen LogP contribution in [0.3, 0.4) is 0 Å². The molecule has 0 aliphatic carbocycles. The van der Waals surface area contributed by atoms with Crippen molar-refractivity contribution in [2.45, 2.75) is 39.3 Å². The van der Waals surface area contributed by atoms with Crippen molar-refractivity contribution in [3.05, 3.63) is 75.4 Å². The molecule has 1 atom stereocenters. The van der Waals surface area contributed by atoms with Crippen LogP contribution in [0, 0.1) is 13.8 Å². The van der Waals surface area contributed by atoms with Gasteiger partial charge in [-0.15, -0.1) is 0 Å². The first kappa shape index (κ1) is 21.6. The van der Waals surface area contributed by atoms with Crippen molar-refractivity contribution in [1.29, 1.82) is 0 Å². The van der Waals surface area contributed by atoms with E-state index in [0.29, 0.717) is 22.4 Å². The number of carbonyl (C=O) groups is 1. The first-order chi connectivity index (χ1) is 14.9. The lowest BCUT2D eigenvalue weighted by Crippen LogP contribution is -2.43. The number of aromatic nitrogens is 2. The van der Waals surface area contributed by atoms with Crippen LogP contribution in [0.25, 0.3) is 11.4 Å². The summed E-state index contributed by atoms with van der Waals surface area (Å²) in [5.41, 5.74) is 3.82. The second-order valence-corrected chi connectivity index (χ2v) is 8.66. The summed E-state index contributed by atoms with van der Waals surface area (Å²) in [5, 5.41) is 4.42. The standard InChI is InChI=1S/C24H24Cl2N4O/c1-15-16(2)28-22(18-7-11-20(26)12-8-18)29-23(15)30-13-3-4-21(30)24(31)27-14-17-5-9-19(25)10-6-17/h5-12,21H,3-4,13-14H2,1-2H3,(H,27,31). The van der Waals surface area contributed by atoms with Crippen LogP contribution in [0.4, 0.5) is 5.82 Å². The Morgan fingerprint density at radius 2 is 1.68 bits per heavy atom. The lowest BCUT2D eigenvalue weighted by molar-refractivity contribution is -0.122. The monoisotopic (exact) mass is 454 g/mol. The number of hydrogen-bond acceptors (Lipinski definition) is 4. The second kappa shape index (κ2) is 9.25. The molecule has 2 aromatic carbocycles. The summed E-state index contributed by atoms with van der Waals surface area (Å²) in [6.07, 6.45) is 1.74. The van der Waals surface area contributed by atoms with Crippen molar-refractivity contribution < 1.29 is 4.79 Å². The zero-order valence-electron chi connectivity index (χ0n) is 17.5. The summed E-state index contributed by atoms with van der Waals surface area (Å²) in [5.74, 6) is 1.47. The molecule has 1 aliphatic rings. The molecule has 0 spiro atoms. The van der Waals surface area contributed by atoms with Crippen molar-refractivity contribution in [1.82, 2.24) is 15.3 Å². The van der Waals surface area contributed by atoms with Crippen LogP contribution in [0.5, 0.6) is 0 Å². The van der Waals surface area contributed by atoms with E-state index < -0.39 is 0 Å². The molecule has 4 rings (SSSR count). The summed E-state index contributed by atoms with van der Waals surface area (Å²) < 4.78 is 0. The quantitative estimate of drug-likeness (QED) is 0.564. The Hall–Kier alpha value is -2.63. The third-order valence-electron chi connectivity index (χ3n) is 5.67. The fourth-order valence-electron chi connectivity index (χ4n) is 3.82. The largest absolute Gasteiger partial charge is 0.350 e. The summed E-state index contributed by atoms with van der Waals surface area (Å²) in [7, 11) is 0. The van der Waals surface area contributed by atoms with Crippen molar-refractivity contribution in [3.63, 3.8) is 0 Å². The van der Waals surface area contributed by atoms with E-state index in [1.165, 1.54) is 0 Å². The molecule has 0 radical (unpaired) electrons. The molecule has 0 bridgehead atoms. The van der Waals surface area contributed by atoms with Gasteiger partial charge in [-0.2, -0.15) is 0 Å². The van der Waals surface area contributed by atoms with Gasteiger partial charge < -0.3 is 10.2 Å². The lowest BCUT2D eigenvalue weighted by atomic mass is 10.1. The highest BCUT2D eigenvalue weighted by Gasteiger charge is 2.33. The molecule has 5 nitrogen and oxygen atoms in total. The van der Waals surface area contributed by atoms with Gasteiger partial charge in [0.25, 0.3) is 0 Å². The minimum atomic E-state index is -0.252. The maximum Gasteiger partial charge on any atom is 0.243 e. The summed E-state index contributed by atoms with van der Waals surface area (Å²) >= 11 is 12.0. The first-order valence-corrected chi connectivity index (χ1v) is 11.1. The summed E-state index contributed by atoms with van der Waals surface area (Å²) in [6.45, 7) is 5.25. The fraction of sp³-hybridized carbons (Fsp3) is 0.292. The zero-order valence-corrected chi connectivity index (χ0v) is 19.0. The number of carbonyl (C=O) groups excluding carboxylic acids is 1. The maximum atomic E-state index is 13.0. The Bertz CT molecular complexity index is 1080. The Morgan fingerprint density at radius 3 is 2.35 bits per heavy atom. The van der Waals surface area contributed by atoms with Crippen molar-refractivity contribution in [3.8, 4) is 11.4 Å². The average molecular weight is 455 g/mol. The van der Waals surface area contributed by atoms with Crippen LogP contribution >= 0.6 is 23.2 Å². The minimum Gasteiger partial charge on any atom is -0.350 e. The Morgan fingerprint density at radius 1 is 1.03 bits per heavy atom. The number of anilines is 1. The Labute approximate surface area is 192 Å². The molecule has 1 saturated heterocycles. The summed E-state index contributed by atoms with van der Waals surface area (Å²) in [4.78, 5) is 24.7. The molecule has 31 heavy (non-hydrogen) atoms. The van der Waals surface area contributed by atoms with Crippen LogP contribution in [-0.2, 0) is 11.3 Å². The highest BCUT2D eigenvalue weighted by Crippen LogP contribution is 2.30. The normalized spacial score (nSPS) is 15.9. The van der Waals surface area contributed by atoms with E-state index in [1.807, 2.05) is 62.4 Å². The van der Waals surface area contributed by atoms with Crippen LogP contribution in [-0.4, -0.2) is 28.5 Å². The minimum absolute atomic E-state index is 0.0103. The number of amides is 1. The molecule has 2 heterocycles. The fourth-order valence-corrected chi connectivity index (χ4v) is 4.08. The van der Waals surface area contributed by atoms with Gasteiger partial charge in [-0.3, -0.25) is 4.79 Å². The number of halogens is 2. The van der Waals surface area contributed by atoms with E-state index in [1.54, 1.807) is 0 Å². The van der Waals surface area contributed by atoms with Gasteiger partial charge in [-0.25, -0.2) is 9.97 Å². The number of aryl methyl sites for hydroxylation is 1. The maximum absolute atomic E-state index is 13.0. The predicted octanol–water partition coefficient (Wildman–Crippen LogP) is 5.35. The molecule has 1 amide bonds. The van der Waals surface area contributed by atoms with Crippen molar-refractivity contribution in [2.75, 3.05) is 11.4 Å². The molecule has 3 aromatic rings. The van der Waals surface area contributed by atoms with Gasteiger partial charge in [-0.1, -0.05) is 35.3 Å². The number of rotatable bonds is 5. The average Bonchev–Trinajstić information content (AvgIpc) is 3.25. The van der Waals surface area contributed by atoms with E-state index in [4.69, 9.17) is 28.2 Å². The van der Waals surface area contributed by atoms with Gasteiger partial charge in [0.15, 0.2) is 5.82 Å². The number of nitrogens with one attached hydrogen (secondary N) is 1. The van der Waals surface area contributed by atoms with Crippen LogP contribution < -0.4 is 10.2 Å². The van der Waals surface area contributed by atoms with Gasteiger partial charge in [0.05, 0.1) is 0 Å². The lowest BCUT2D eigenvalue weighted by Gasteiger charge is -2.27. The number of nitrogens with zero attached hydrogens (tertiary/aromatic N) is 3. The molecule has 1 aromatic heterocycles. The Balaban J connectivity index is 1.56. The highest BCUT2D eigenvalue weighted by atomic mass is 35.5. The molecule has 160 valence electrons. The highest BCUT2D eigenvalue weighted by molar-refractivity contribution is 6.30. The predicted molar refractivity (Wildman–Crippen MR) is 126 cm³/mol. The SMILES string of the molecule is Cc1nc(-c2ccc(Cl)cc2)nc(N2CCCC2C(=O)NCc2ccc(Cl)cc2)c1C. The van der Waals surface area contributed by atoms with E-state index in [2.05, 4.69) is 15.2 Å². The van der Waals surface area contributed by atoms with Crippen LogP contribution in [0.15, 0.2) is 48.5 Å². The van der Waals surface area contributed by atoms with Gasteiger partial charge in [0.2, 0.25) is 5.91 Å². The molecule has 1 N–H and O–H groups in total. The molecule has 1 unspecified atom stereocenters. The zero-order chi connectivity index (χ0) is 22.0. The van der Waals surface area contributed by atoms with Gasteiger partial charge in [0, 0.05) is 40.0 Å². The molecule has 1 aliphatic heterocycles. The van der Waals surface area contributed by atoms with E-state index in [0.717, 1.165) is 47.6 Å². The molecule has 0 saturated carbocycles. The van der Waals surface area contributed by atoms with Gasteiger partial charge >= 0.3 is 0 Å². The topological polar surface area (TPSA) is 58.1 Å². The molecule has 7 heteroatoms. The van der Waals surface area contributed by atoms with E-state index >= 15 is 0 Å². The van der Waals surface area contributed by atoms with Crippen molar-refractivity contribution >= 4 is 34.9 Å². The van der Waals surface area contributed by atoms with Crippen LogP contribution in [0.2, 0.25) is 10.0 Å². The van der Waals surface area contributed by atoms with E-state index in [9.17, 15) is 4.79 Å².